The summed E-state index contributed by atoms with van der Waals surface area (Å²) in [4.78, 5) is 0. The molecule has 0 amide bonds. The molecule has 0 spiro atoms. The number of hydrogen-bond acceptors (Lipinski definition) is 4. The number of unbranched alkanes of at least 4 members (excludes halogenated alkanes) is 6. The lowest BCUT2D eigenvalue weighted by atomic mass is 9.82. The minimum atomic E-state index is 0.399. The number of methoxy groups -OCH3 is 1. The molecule has 0 bridgehead atoms. The van der Waals surface area contributed by atoms with Crippen molar-refractivity contribution < 1.29 is 18.9 Å². The Morgan fingerprint density at radius 2 is 1.61 bits per heavy atom. The normalized spacial score (nSPS) is 24.9. The number of fused-ring (bicyclic) bond motifs is 1. The van der Waals surface area contributed by atoms with Crippen LogP contribution in [0.5, 0.6) is 0 Å². The Labute approximate surface area is 174 Å². The molecule has 0 aromatic rings. The molecule has 28 heavy (non-hydrogen) atoms. The molecule has 4 atom stereocenters. The highest BCUT2D eigenvalue weighted by Crippen LogP contribution is 2.41. The number of hydrogen-bond donors (Lipinski definition) is 0. The summed E-state index contributed by atoms with van der Waals surface area (Å²) in [6, 6.07) is 0. The molecule has 1 saturated heterocycles. The van der Waals surface area contributed by atoms with E-state index in [0.717, 1.165) is 18.4 Å². The highest BCUT2D eigenvalue weighted by Gasteiger charge is 2.43. The zero-order valence-electron chi connectivity index (χ0n) is 18.7. The third-order valence-electron chi connectivity index (χ3n) is 6.58. The van der Waals surface area contributed by atoms with E-state index in [-0.39, 0.29) is 0 Å². The van der Waals surface area contributed by atoms with Gasteiger partial charge in [-0.1, -0.05) is 71.1 Å². The second kappa shape index (κ2) is 15.6. The van der Waals surface area contributed by atoms with Gasteiger partial charge in [0.2, 0.25) is 0 Å². The van der Waals surface area contributed by atoms with E-state index in [4.69, 9.17) is 18.9 Å². The summed E-state index contributed by atoms with van der Waals surface area (Å²) >= 11 is 0. The average Bonchev–Trinajstić information content (AvgIpc) is 3.48. The predicted octanol–water partition coefficient (Wildman–Crippen LogP) is 6.12. The molecule has 0 aromatic carbocycles. The SMILES string of the molecule is CCCCCCCCCC(CCOCOCCOC)CCC1CCC2OC2C1. The Hall–Kier alpha value is -0.160. The van der Waals surface area contributed by atoms with Crippen LogP contribution in [0.15, 0.2) is 0 Å². The molecule has 4 heteroatoms. The zero-order chi connectivity index (χ0) is 19.9. The molecule has 1 aliphatic heterocycles. The van der Waals surface area contributed by atoms with E-state index in [1.54, 1.807) is 7.11 Å². The van der Waals surface area contributed by atoms with Crippen molar-refractivity contribution in [2.45, 2.75) is 109 Å². The van der Waals surface area contributed by atoms with E-state index >= 15 is 0 Å². The second-order valence-corrected chi connectivity index (χ2v) is 8.96. The van der Waals surface area contributed by atoms with Gasteiger partial charge in [0.1, 0.15) is 6.79 Å². The minimum absolute atomic E-state index is 0.399. The minimum Gasteiger partial charge on any atom is -0.382 e. The van der Waals surface area contributed by atoms with Crippen LogP contribution in [0.4, 0.5) is 0 Å². The molecule has 0 N–H and O–H groups in total. The Balaban J connectivity index is 1.55. The van der Waals surface area contributed by atoms with Crippen molar-refractivity contribution in [3.8, 4) is 0 Å². The van der Waals surface area contributed by atoms with E-state index in [1.165, 1.54) is 89.9 Å². The van der Waals surface area contributed by atoms with Crippen LogP contribution in [-0.4, -0.2) is 45.9 Å². The third kappa shape index (κ3) is 11.1. The van der Waals surface area contributed by atoms with Crippen LogP contribution in [0.25, 0.3) is 0 Å². The molecule has 0 radical (unpaired) electrons. The summed E-state index contributed by atoms with van der Waals surface area (Å²) in [5.41, 5.74) is 0. The van der Waals surface area contributed by atoms with Crippen LogP contribution >= 0.6 is 0 Å². The van der Waals surface area contributed by atoms with Crippen LogP contribution in [0, 0.1) is 11.8 Å². The Morgan fingerprint density at radius 1 is 0.821 bits per heavy atom. The van der Waals surface area contributed by atoms with E-state index < -0.39 is 0 Å². The van der Waals surface area contributed by atoms with Gasteiger partial charge in [-0.3, -0.25) is 0 Å². The molecule has 4 unspecified atom stereocenters. The molecule has 1 aliphatic carbocycles. The first-order chi connectivity index (χ1) is 13.8. The van der Waals surface area contributed by atoms with Crippen molar-refractivity contribution in [2.75, 3.05) is 33.7 Å². The Morgan fingerprint density at radius 3 is 2.39 bits per heavy atom. The maximum absolute atomic E-state index is 5.71. The van der Waals surface area contributed by atoms with Crippen molar-refractivity contribution in [1.29, 1.82) is 0 Å². The third-order valence-corrected chi connectivity index (χ3v) is 6.58. The molecule has 2 fully saturated rings. The topological polar surface area (TPSA) is 40.2 Å². The molecular formula is C24H46O4. The zero-order valence-corrected chi connectivity index (χ0v) is 18.7. The van der Waals surface area contributed by atoms with Crippen LogP contribution in [0.2, 0.25) is 0 Å². The Kier molecular flexibility index (Phi) is 13.5. The van der Waals surface area contributed by atoms with E-state index in [0.29, 0.717) is 32.2 Å². The molecular weight excluding hydrogens is 352 g/mol. The lowest BCUT2D eigenvalue weighted by Gasteiger charge is -2.23. The van der Waals surface area contributed by atoms with Gasteiger partial charge in [0.05, 0.1) is 25.4 Å². The summed E-state index contributed by atoms with van der Waals surface area (Å²) in [5, 5.41) is 0. The largest absolute Gasteiger partial charge is 0.382 e. The number of ether oxygens (including phenoxy) is 4. The number of epoxide rings is 1. The van der Waals surface area contributed by atoms with Gasteiger partial charge in [-0.25, -0.2) is 0 Å². The van der Waals surface area contributed by atoms with Gasteiger partial charge in [0, 0.05) is 13.7 Å². The van der Waals surface area contributed by atoms with Gasteiger partial charge in [0.15, 0.2) is 0 Å². The fraction of sp³-hybridized carbons (Fsp3) is 1.00. The Bertz CT molecular complexity index is 345. The molecule has 2 rings (SSSR count). The van der Waals surface area contributed by atoms with Crippen molar-refractivity contribution in [2.24, 2.45) is 11.8 Å². The first-order valence-electron chi connectivity index (χ1n) is 12.1. The van der Waals surface area contributed by atoms with E-state index in [1.807, 2.05) is 0 Å². The smallest absolute Gasteiger partial charge is 0.146 e. The standard InChI is InChI=1S/C24H46O4/c1-3-4-5-6-7-8-9-10-21(15-16-26-20-27-18-17-25-2)11-12-22-13-14-23-24(19-22)28-23/h21-24H,3-20H2,1-2H3. The van der Waals surface area contributed by atoms with Gasteiger partial charge in [-0.15, -0.1) is 0 Å². The van der Waals surface area contributed by atoms with Gasteiger partial charge in [0.25, 0.3) is 0 Å². The van der Waals surface area contributed by atoms with Crippen molar-refractivity contribution >= 4 is 0 Å². The number of rotatable bonds is 19. The first-order valence-corrected chi connectivity index (χ1v) is 12.1. The van der Waals surface area contributed by atoms with Crippen molar-refractivity contribution in [3.63, 3.8) is 0 Å². The first kappa shape index (κ1) is 24.1. The second-order valence-electron chi connectivity index (χ2n) is 8.96. The predicted molar refractivity (Wildman–Crippen MR) is 115 cm³/mol. The summed E-state index contributed by atoms with van der Waals surface area (Å²) in [5.74, 6) is 1.71. The van der Waals surface area contributed by atoms with Crippen molar-refractivity contribution in [3.05, 3.63) is 0 Å². The van der Waals surface area contributed by atoms with E-state index in [2.05, 4.69) is 6.92 Å². The van der Waals surface area contributed by atoms with Crippen LogP contribution in [0.1, 0.15) is 96.8 Å². The monoisotopic (exact) mass is 398 g/mol. The molecule has 4 nitrogen and oxygen atoms in total. The highest BCUT2D eigenvalue weighted by atomic mass is 16.7. The summed E-state index contributed by atoms with van der Waals surface area (Å²) < 4.78 is 21.8. The average molecular weight is 399 g/mol. The van der Waals surface area contributed by atoms with Gasteiger partial charge in [-0.05, 0) is 37.5 Å². The fourth-order valence-electron chi connectivity index (χ4n) is 4.61. The molecule has 1 saturated carbocycles. The van der Waals surface area contributed by atoms with Crippen LogP contribution in [0.3, 0.4) is 0 Å². The molecule has 0 aromatic heterocycles. The van der Waals surface area contributed by atoms with Gasteiger partial charge < -0.3 is 18.9 Å². The highest BCUT2D eigenvalue weighted by molar-refractivity contribution is 4.91. The van der Waals surface area contributed by atoms with Crippen LogP contribution < -0.4 is 0 Å². The van der Waals surface area contributed by atoms with E-state index in [9.17, 15) is 0 Å². The van der Waals surface area contributed by atoms with Crippen molar-refractivity contribution in [1.82, 2.24) is 0 Å². The molecule has 166 valence electrons. The summed E-state index contributed by atoms with van der Waals surface area (Å²) in [6.07, 6.45) is 20.4. The quantitative estimate of drug-likeness (QED) is 0.149. The van der Waals surface area contributed by atoms with Gasteiger partial charge in [-0.2, -0.15) is 0 Å². The molecule has 2 aliphatic rings. The summed E-state index contributed by atoms with van der Waals surface area (Å²) in [6.45, 7) is 4.77. The van der Waals surface area contributed by atoms with Gasteiger partial charge >= 0.3 is 0 Å². The maximum atomic E-state index is 5.71. The van der Waals surface area contributed by atoms with Crippen LogP contribution in [-0.2, 0) is 18.9 Å². The lowest BCUT2D eigenvalue weighted by Crippen LogP contribution is -2.15. The lowest BCUT2D eigenvalue weighted by molar-refractivity contribution is -0.0687. The summed E-state index contributed by atoms with van der Waals surface area (Å²) in [7, 11) is 1.69. The maximum Gasteiger partial charge on any atom is 0.146 e. The molecule has 1 heterocycles. The fourth-order valence-corrected chi connectivity index (χ4v) is 4.61.